The summed E-state index contributed by atoms with van der Waals surface area (Å²) in [6, 6.07) is 8.30. The van der Waals surface area contributed by atoms with Gasteiger partial charge in [-0.1, -0.05) is 6.07 Å². The van der Waals surface area contributed by atoms with Crippen LogP contribution in [0.1, 0.15) is 0 Å². The van der Waals surface area contributed by atoms with Crippen molar-refractivity contribution in [2.75, 3.05) is 31.1 Å². The highest BCUT2D eigenvalue weighted by Gasteiger charge is 2.36. The third-order valence-corrected chi connectivity index (χ3v) is 6.06. The third-order valence-electron chi connectivity index (χ3n) is 6.06. The average Bonchev–Trinajstić information content (AvgIpc) is 3.51. The van der Waals surface area contributed by atoms with Crippen molar-refractivity contribution < 1.29 is 0 Å². The Hall–Kier alpha value is -3.26. The van der Waals surface area contributed by atoms with Gasteiger partial charge in [-0.2, -0.15) is 10.2 Å². The highest BCUT2D eigenvalue weighted by Crippen LogP contribution is 2.34. The minimum atomic E-state index is 0.738. The van der Waals surface area contributed by atoms with Crippen LogP contribution in [0.4, 0.5) is 5.82 Å². The predicted octanol–water partition coefficient (Wildman–Crippen LogP) is 2.07. The molecule has 8 nitrogen and oxygen atoms in total. The Bertz CT molecular complexity index is 1100. The van der Waals surface area contributed by atoms with Gasteiger partial charge in [0.2, 0.25) is 0 Å². The van der Waals surface area contributed by atoms with Gasteiger partial charge in [0, 0.05) is 48.9 Å². The van der Waals surface area contributed by atoms with Crippen LogP contribution in [0.2, 0.25) is 0 Å². The van der Waals surface area contributed by atoms with Gasteiger partial charge in [0.05, 0.1) is 23.6 Å². The van der Waals surface area contributed by atoms with E-state index in [1.54, 1.807) is 0 Å². The minimum Gasteiger partial charge on any atom is -0.354 e. The third kappa shape index (κ3) is 2.41. The van der Waals surface area contributed by atoms with E-state index in [0.29, 0.717) is 0 Å². The van der Waals surface area contributed by atoms with Crippen LogP contribution in [-0.2, 0) is 0 Å². The number of aromatic amines is 2. The van der Waals surface area contributed by atoms with Crippen LogP contribution in [0.5, 0.6) is 0 Å². The van der Waals surface area contributed by atoms with E-state index >= 15 is 0 Å². The Balaban J connectivity index is 1.34. The molecular formula is C20H20N8. The highest BCUT2D eigenvalue weighted by molar-refractivity contribution is 6.01. The molecule has 0 amide bonds. The van der Waals surface area contributed by atoms with Gasteiger partial charge in [0.1, 0.15) is 0 Å². The van der Waals surface area contributed by atoms with Crippen LogP contribution >= 0.6 is 0 Å². The molecule has 2 aliphatic heterocycles. The second kappa shape index (κ2) is 6.13. The molecule has 6 rings (SSSR count). The quantitative estimate of drug-likeness (QED) is 0.509. The molecule has 2 fully saturated rings. The molecule has 4 aromatic rings. The summed E-state index contributed by atoms with van der Waals surface area (Å²) >= 11 is 0. The largest absolute Gasteiger partial charge is 0.354 e. The first-order chi connectivity index (χ1) is 13.9. The Kier molecular flexibility index (Phi) is 3.45. The molecule has 1 aromatic carbocycles. The zero-order valence-electron chi connectivity index (χ0n) is 15.3. The summed E-state index contributed by atoms with van der Waals surface area (Å²) in [5.41, 5.74) is 4.93. The van der Waals surface area contributed by atoms with Crippen LogP contribution in [-0.4, -0.2) is 56.8 Å². The summed E-state index contributed by atoms with van der Waals surface area (Å²) in [6.07, 6.45) is 5.55. The first-order valence-electron chi connectivity index (χ1n) is 9.62. The summed E-state index contributed by atoms with van der Waals surface area (Å²) in [7, 11) is 0. The first-order valence-corrected chi connectivity index (χ1v) is 9.62. The molecule has 2 saturated heterocycles. The zero-order chi connectivity index (χ0) is 18.5. The van der Waals surface area contributed by atoms with Gasteiger partial charge < -0.3 is 10.2 Å². The normalized spacial score (nSPS) is 21.5. The Morgan fingerprint density at radius 1 is 0.893 bits per heavy atom. The monoisotopic (exact) mass is 372 g/mol. The lowest BCUT2D eigenvalue weighted by Crippen LogP contribution is -2.26. The smallest absolute Gasteiger partial charge is 0.151 e. The average molecular weight is 372 g/mol. The Morgan fingerprint density at radius 3 is 2.50 bits per heavy atom. The molecular weight excluding hydrogens is 352 g/mol. The van der Waals surface area contributed by atoms with Crippen molar-refractivity contribution in [3.8, 4) is 22.4 Å². The molecule has 140 valence electrons. The summed E-state index contributed by atoms with van der Waals surface area (Å²) in [6.45, 7) is 4.37. The standard InChI is InChI=1S/C20H20N8/c1-2-16(20-17(9-24-27-20)15(1)12-7-22-23-8-12)18-3-4-19(26-25-18)28-10-13-5-21-6-14(13)11-28/h1-4,7-9,13-14,21H,5-6,10-11H2,(H,22,23)(H,24,27). The lowest BCUT2D eigenvalue weighted by Gasteiger charge is -2.18. The predicted molar refractivity (Wildman–Crippen MR) is 107 cm³/mol. The fourth-order valence-corrected chi connectivity index (χ4v) is 4.58. The van der Waals surface area contributed by atoms with E-state index in [9.17, 15) is 0 Å². The molecule has 0 bridgehead atoms. The molecule has 0 saturated carbocycles. The number of fused-ring (bicyclic) bond motifs is 2. The zero-order valence-corrected chi connectivity index (χ0v) is 15.3. The van der Waals surface area contributed by atoms with Crippen LogP contribution in [0.15, 0.2) is 42.9 Å². The molecule has 5 heterocycles. The molecule has 3 N–H and O–H groups in total. The topological polar surface area (TPSA) is 98.4 Å². The van der Waals surface area contributed by atoms with Crippen molar-refractivity contribution in [1.29, 1.82) is 0 Å². The maximum Gasteiger partial charge on any atom is 0.151 e. The second-order valence-electron chi connectivity index (χ2n) is 7.67. The van der Waals surface area contributed by atoms with Crippen LogP contribution in [0.25, 0.3) is 33.3 Å². The Labute approximate surface area is 161 Å². The van der Waals surface area contributed by atoms with Crippen molar-refractivity contribution in [3.63, 3.8) is 0 Å². The minimum absolute atomic E-state index is 0.738. The van der Waals surface area contributed by atoms with Gasteiger partial charge in [0.25, 0.3) is 0 Å². The molecule has 2 atom stereocenters. The number of hydrogen-bond acceptors (Lipinski definition) is 6. The van der Waals surface area contributed by atoms with E-state index in [1.807, 2.05) is 18.6 Å². The molecule has 3 aromatic heterocycles. The number of aromatic nitrogens is 6. The molecule has 8 heteroatoms. The van der Waals surface area contributed by atoms with E-state index in [4.69, 9.17) is 0 Å². The van der Waals surface area contributed by atoms with Crippen molar-refractivity contribution in [1.82, 2.24) is 35.9 Å². The van der Waals surface area contributed by atoms with E-state index in [1.165, 1.54) is 0 Å². The fraction of sp³-hybridized carbons (Fsp3) is 0.300. The van der Waals surface area contributed by atoms with E-state index in [-0.39, 0.29) is 0 Å². The van der Waals surface area contributed by atoms with Gasteiger partial charge in [-0.15, -0.1) is 10.2 Å². The van der Waals surface area contributed by atoms with E-state index < -0.39 is 0 Å². The lowest BCUT2D eigenvalue weighted by atomic mass is 10.0. The number of rotatable bonds is 3. The van der Waals surface area contributed by atoms with Crippen molar-refractivity contribution in [3.05, 3.63) is 42.9 Å². The summed E-state index contributed by atoms with van der Waals surface area (Å²) in [5.74, 6) is 2.44. The fourth-order valence-electron chi connectivity index (χ4n) is 4.58. The van der Waals surface area contributed by atoms with Crippen LogP contribution < -0.4 is 10.2 Å². The summed E-state index contributed by atoms with van der Waals surface area (Å²) in [5, 5.41) is 27.9. The molecule has 0 aliphatic carbocycles. The highest BCUT2D eigenvalue weighted by atomic mass is 15.3. The van der Waals surface area contributed by atoms with Crippen molar-refractivity contribution in [2.24, 2.45) is 11.8 Å². The lowest BCUT2D eigenvalue weighted by molar-refractivity contribution is 0.533. The number of anilines is 1. The number of nitrogens with zero attached hydrogens (tertiary/aromatic N) is 5. The first kappa shape index (κ1) is 15.8. The number of nitrogens with one attached hydrogen (secondary N) is 3. The van der Waals surface area contributed by atoms with Gasteiger partial charge in [-0.3, -0.25) is 10.2 Å². The number of hydrogen-bond donors (Lipinski definition) is 3. The molecule has 28 heavy (non-hydrogen) atoms. The molecule has 2 aliphatic rings. The second-order valence-corrected chi connectivity index (χ2v) is 7.67. The molecule has 0 radical (unpaired) electrons. The van der Waals surface area contributed by atoms with Gasteiger partial charge in [0.15, 0.2) is 5.82 Å². The maximum atomic E-state index is 4.54. The Morgan fingerprint density at radius 2 is 1.75 bits per heavy atom. The van der Waals surface area contributed by atoms with Crippen molar-refractivity contribution in [2.45, 2.75) is 0 Å². The van der Waals surface area contributed by atoms with Gasteiger partial charge >= 0.3 is 0 Å². The number of benzene rings is 1. The van der Waals surface area contributed by atoms with E-state index in [2.05, 4.69) is 65.1 Å². The maximum absolute atomic E-state index is 4.54. The molecule has 2 unspecified atom stereocenters. The van der Waals surface area contributed by atoms with E-state index in [0.717, 1.165) is 77.1 Å². The van der Waals surface area contributed by atoms with Crippen molar-refractivity contribution >= 4 is 16.7 Å². The number of H-pyrrole nitrogens is 2. The van der Waals surface area contributed by atoms with Crippen LogP contribution in [0, 0.1) is 11.8 Å². The summed E-state index contributed by atoms with van der Waals surface area (Å²) in [4.78, 5) is 2.36. The molecule has 0 spiro atoms. The van der Waals surface area contributed by atoms with Gasteiger partial charge in [-0.05, 0) is 35.6 Å². The SMILES string of the molecule is c1n[nH]cc1-c1ccc(-c2ccc(N3CC4CNCC4C3)nn2)c2[nH]ncc12. The van der Waals surface area contributed by atoms with Crippen LogP contribution in [0.3, 0.4) is 0 Å². The summed E-state index contributed by atoms with van der Waals surface area (Å²) < 4.78 is 0. The van der Waals surface area contributed by atoms with Gasteiger partial charge in [-0.25, -0.2) is 0 Å².